The molecule has 3 saturated carbocycles. The molecule has 2 aliphatic heterocycles. The van der Waals surface area contributed by atoms with Gasteiger partial charge in [0.2, 0.25) is 0 Å². The molecular formula is C19H24O6. The Morgan fingerprint density at radius 1 is 1.24 bits per heavy atom. The van der Waals surface area contributed by atoms with Gasteiger partial charge in [0.15, 0.2) is 0 Å². The van der Waals surface area contributed by atoms with Crippen molar-refractivity contribution in [2.24, 2.45) is 28.6 Å². The summed E-state index contributed by atoms with van der Waals surface area (Å²) >= 11 is 0. The maximum Gasteiger partial charge on any atom is 0.316 e. The van der Waals surface area contributed by atoms with E-state index in [1.54, 1.807) is 0 Å². The van der Waals surface area contributed by atoms with Crippen LogP contribution in [-0.4, -0.2) is 46.1 Å². The normalized spacial score (nSPS) is 55.3. The lowest BCUT2D eigenvalue weighted by atomic mass is 9.46. The Hall–Kier alpha value is -1.40. The fraction of sp³-hybridized carbons (Fsp3) is 0.789. The van der Waals surface area contributed by atoms with Crippen molar-refractivity contribution in [2.75, 3.05) is 0 Å². The van der Waals surface area contributed by atoms with E-state index < -0.39 is 58.5 Å². The van der Waals surface area contributed by atoms with Crippen molar-refractivity contribution < 1.29 is 29.3 Å². The van der Waals surface area contributed by atoms with Gasteiger partial charge in [0, 0.05) is 5.92 Å². The van der Waals surface area contributed by atoms with Gasteiger partial charge in [0.25, 0.3) is 0 Å². The first-order valence-corrected chi connectivity index (χ1v) is 9.14. The molecule has 5 aliphatic rings. The number of carbonyl (C=O) groups excluding carboxylic acids is 2. The molecule has 6 heteroatoms. The maximum absolute atomic E-state index is 13.0. The molecule has 8 unspecified atom stereocenters. The summed E-state index contributed by atoms with van der Waals surface area (Å²) in [6.07, 6.45) is -0.274. The Balaban J connectivity index is 1.75. The van der Waals surface area contributed by atoms with Crippen molar-refractivity contribution in [1.29, 1.82) is 0 Å². The van der Waals surface area contributed by atoms with Crippen LogP contribution in [0.15, 0.2) is 12.2 Å². The van der Waals surface area contributed by atoms with Crippen LogP contribution < -0.4 is 0 Å². The van der Waals surface area contributed by atoms with E-state index in [-0.39, 0.29) is 5.92 Å². The summed E-state index contributed by atoms with van der Waals surface area (Å²) in [4.78, 5) is 25.9. The van der Waals surface area contributed by atoms with Crippen molar-refractivity contribution in [2.45, 2.75) is 63.4 Å². The average molecular weight is 348 g/mol. The van der Waals surface area contributed by atoms with Crippen molar-refractivity contribution in [3.63, 3.8) is 0 Å². The van der Waals surface area contributed by atoms with Gasteiger partial charge in [0.05, 0.1) is 12.0 Å². The largest absolute Gasteiger partial charge is 0.462 e. The van der Waals surface area contributed by atoms with Gasteiger partial charge in [0.1, 0.15) is 23.2 Å². The molecule has 0 amide bonds. The molecule has 2 saturated heterocycles. The van der Waals surface area contributed by atoms with Gasteiger partial charge in [-0.15, -0.1) is 0 Å². The Bertz CT molecular complexity index is 713. The summed E-state index contributed by atoms with van der Waals surface area (Å²) in [6.45, 7) is 7.88. The predicted octanol–water partition coefficient (Wildman–Crippen LogP) is 0.948. The Morgan fingerprint density at radius 3 is 2.68 bits per heavy atom. The molecule has 2 bridgehead atoms. The van der Waals surface area contributed by atoms with Gasteiger partial charge in [-0.05, 0) is 42.6 Å². The molecule has 1 spiro atoms. The SMILES string of the molecule is C=C1C2CC3OC(=O)C4C(C)(C)CCC5OC(=O)C(C2)(C1O)C3C54O. The Morgan fingerprint density at radius 2 is 1.96 bits per heavy atom. The van der Waals surface area contributed by atoms with Crippen LogP contribution >= 0.6 is 0 Å². The number of rotatable bonds is 0. The number of hydrogen-bond acceptors (Lipinski definition) is 6. The lowest BCUT2D eigenvalue weighted by Gasteiger charge is -2.65. The number of hydrogen-bond donors (Lipinski definition) is 2. The van der Waals surface area contributed by atoms with Crippen LogP contribution in [0, 0.1) is 28.6 Å². The first-order valence-electron chi connectivity index (χ1n) is 9.14. The molecular weight excluding hydrogens is 324 g/mol. The molecule has 5 rings (SSSR count). The standard InChI is InChI=1S/C19H24O6/c1-8-9-6-10-12-18(7-9,14(8)20)16(22)25-11-4-5-17(2,3)13(15(21)24-10)19(11,12)23/h9-14,20,23H,1,4-7H2,2-3H3. The van der Waals surface area contributed by atoms with Crippen molar-refractivity contribution >= 4 is 11.9 Å². The molecule has 6 nitrogen and oxygen atoms in total. The van der Waals surface area contributed by atoms with Gasteiger partial charge >= 0.3 is 11.9 Å². The highest BCUT2D eigenvalue weighted by atomic mass is 16.6. The molecule has 0 aromatic heterocycles. The van der Waals surface area contributed by atoms with E-state index in [1.807, 2.05) is 13.8 Å². The zero-order chi connectivity index (χ0) is 17.9. The number of fused-ring (bicyclic) bond motifs is 1. The van der Waals surface area contributed by atoms with Crippen LogP contribution in [0.25, 0.3) is 0 Å². The summed E-state index contributed by atoms with van der Waals surface area (Å²) in [5, 5.41) is 22.8. The Labute approximate surface area is 146 Å². The molecule has 136 valence electrons. The van der Waals surface area contributed by atoms with Crippen molar-refractivity contribution in [3.05, 3.63) is 12.2 Å². The minimum absolute atomic E-state index is 0.0927. The minimum atomic E-state index is -1.49. The topological polar surface area (TPSA) is 93.1 Å². The second-order valence-corrected chi connectivity index (χ2v) is 9.35. The van der Waals surface area contributed by atoms with Gasteiger partial charge in [-0.1, -0.05) is 20.4 Å². The fourth-order valence-corrected chi connectivity index (χ4v) is 6.82. The maximum atomic E-state index is 13.0. The highest BCUT2D eigenvalue weighted by molar-refractivity contribution is 5.85. The fourth-order valence-electron chi connectivity index (χ4n) is 6.82. The molecule has 0 aromatic rings. The first kappa shape index (κ1) is 15.8. The summed E-state index contributed by atoms with van der Waals surface area (Å²) in [5.41, 5.74) is -2.61. The summed E-state index contributed by atoms with van der Waals surface area (Å²) in [6, 6.07) is 0. The third-order valence-corrected chi connectivity index (χ3v) is 7.83. The molecule has 25 heavy (non-hydrogen) atoms. The van der Waals surface area contributed by atoms with Gasteiger partial charge < -0.3 is 19.7 Å². The third kappa shape index (κ3) is 1.51. The minimum Gasteiger partial charge on any atom is -0.462 e. The number of aliphatic hydroxyl groups is 2. The molecule has 5 fully saturated rings. The predicted molar refractivity (Wildman–Crippen MR) is 85.0 cm³/mol. The monoisotopic (exact) mass is 348 g/mol. The Kier molecular flexibility index (Phi) is 2.71. The smallest absolute Gasteiger partial charge is 0.316 e. The van der Waals surface area contributed by atoms with Crippen LogP contribution in [0.1, 0.15) is 39.5 Å². The van der Waals surface area contributed by atoms with E-state index in [2.05, 4.69) is 6.58 Å². The van der Waals surface area contributed by atoms with E-state index >= 15 is 0 Å². The van der Waals surface area contributed by atoms with Gasteiger partial charge in [-0.3, -0.25) is 9.59 Å². The molecule has 8 atom stereocenters. The highest BCUT2D eigenvalue weighted by Crippen LogP contribution is 2.68. The second-order valence-electron chi connectivity index (χ2n) is 9.35. The molecule has 2 N–H and O–H groups in total. The lowest BCUT2D eigenvalue weighted by Crippen LogP contribution is -2.78. The zero-order valence-corrected chi connectivity index (χ0v) is 14.5. The van der Waals surface area contributed by atoms with Crippen molar-refractivity contribution in [3.8, 4) is 0 Å². The number of aliphatic hydroxyl groups excluding tert-OH is 1. The summed E-state index contributed by atoms with van der Waals surface area (Å²) in [7, 11) is 0. The number of carbonyl (C=O) groups is 2. The number of ether oxygens (including phenoxy) is 2. The van der Waals surface area contributed by atoms with Crippen LogP contribution in [0.3, 0.4) is 0 Å². The van der Waals surface area contributed by atoms with E-state index in [9.17, 15) is 19.8 Å². The lowest BCUT2D eigenvalue weighted by molar-refractivity contribution is -0.315. The molecule has 2 heterocycles. The summed E-state index contributed by atoms with van der Waals surface area (Å²) < 4.78 is 11.5. The van der Waals surface area contributed by atoms with E-state index in [4.69, 9.17) is 9.47 Å². The van der Waals surface area contributed by atoms with Gasteiger partial charge in [-0.2, -0.15) is 0 Å². The van der Waals surface area contributed by atoms with Crippen LogP contribution in [0.5, 0.6) is 0 Å². The van der Waals surface area contributed by atoms with Crippen LogP contribution in [-0.2, 0) is 19.1 Å². The number of esters is 2. The van der Waals surface area contributed by atoms with Gasteiger partial charge in [-0.25, -0.2) is 0 Å². The first-order chi connectivity index (χ1) is 11.6. The van der Waals surface area contributed by atoms with E-state index in [0.717, 1.165) is 0 Å². The van der Waals surface area contributed by atoms with Crippen LogP contribution in [0.4, 0.5) is 0 Å². The van der Waals surface area contributed by atoms with E-state index in [0.29, 0.717) is 31.3 Å². The molecule has 0 radical (unpaired) electrons. The second kappa shape index (κ2) is 4.29. The zero-order valence-electron chi connectivity index (χ0n) is 14.5. The quantitative estimate of drug-likeness (QED) is 0.500. The van der Waals surface area contributed by atoms with E-state index in [1.165, 1.54) is 0 Å². The molecule has 0 aromatic carbocycles. The third-order valence-electron chi connectivity index (χ3n) is 7.83. The van der Waals surface area contributed by atoms with Crippen molar-refractivity contribution in [1.82, 2.24) is 0 Å². The highest BCUT2D eigenvalue weighted by Gasteiger charge is 2.80. The van der Waals surface area contributed by atoms with Crippen LogP contribution in [0.2, 0.25) is 0 Å². The molecule has 3 aliphatic carbocycles. The summed E-state index contributed by atoms with van der Waals surface area (Å²) in [5.74, 6) is -2.37. The average Bonchev–Trinajstić information content (AvgIpc) is 2.70.